The Morgan fingerprint density at radius 2 is 1.92 bits per heavy atom. The lowest BCUT2D eigenvalue weighted by atomic mass is 10.3. The lowest BCUT2D eigenvalue weighted by Crippen LogP contribution is -2.22. The van der Waals surface area contributed by atoms with Gasteiger partial charge >= 0.3 is 0 Å². The molecular formula is C9H9Br2NO. The Labute approximate surface area is 94.2 Å². The van der Waals surface area contributed by atoms with Crippen LogP contribution < -0.4 is 4.90 Å². The van der Waals surface area contributed by atoms with Crippen LogP contribution in [0.4, 0.5) is 5.69 Å². The van der Waals surface area contributed by atoms with Gasteiger partial charge in [0.1, 0.15) is 0 Å². The van der Waals surface area contributed by atoms with Gasteiger partial charge in [-0.15, -0.1) is 0 Å². The van der Waals surface area contributed by atoms with Crippen LogP contribution in [-0.2, 0) is 4.79 Å². The van der Waals surface area contributed by atoms with Crippen molar-refractivity contribution in [1.82, 2.24) is 0 Å². The van der Waals surface area contributed by atoms with Crippen LogP contribution in [0.15, 0.2) is 27.1 Å². The van der Waals surface area contributed by atoms with Gasteiger partial charge in [-0.2, -0.15) is 0 Å². The fourth-order valence-electron chi connectivity index (χ4n) is 0.875. The molecule has 0 aromatic heterocycles. The van der Waals surface area contributed by atoms with Crippen LogP contribution in [0.5, 0.6) is 0 Å². The molecule has 0 atom stereocenters. The highest BCUT2D eigenvalue weighted by Gasteiger charge is 2.06. The largest absolute Gasteiger partial charge is 0.316 e. The van der Waals surface area contributed by atoms with Crippen LogP contribution in [0, 0.1) is 0 Å². The molecule has 1 aromatic carbocycles. The SMILES string of the molecule is CC(=O)N(C)c1ccc(Br)c(Br)c1. The van der Waals surface area contributed by atoms with E-state index in [0.717, 1.165) is 14.6 Å². The second-order valence-corrected chi connectivity index (χ2v) is 4.39. The van der Waals surface area contributed by atoms with Gasteiger partial charge in [0.05, 0.1) is 0 Å². The molecule has 0 aliphatic heterocycles. The number of hydrogen-bond donors (Lipinski definition) is 0. The number of hydrogen-bond acceptors (Lipinski definition) is 1. The Kier molecular flexibility index (Phi) is 3.50. The second-order valence-electron chi connectivity index (χ2n) is 2.68. The first kappa shape index (κ1) is 10.7. The van der Waals surface area contributed by atoms with Gasteiger partial charge < -0.3 is 4.90 Å². The van der Waals surface area contributed by atoms with Crippen molar-refractivity contribution in [3.8, 4) is 0 Å². The lowest BCUT2D eigenvalue weighted by Gasteiger charge is -2.15. The van der Waals surface area contributed by atoms with Crippen molar-refractivity contribution in [2.45, 2.75) is 6.92 Å². The zero-order valence-corrected chi connectivity index (χ0v) is 10.5. The van der Waals surface area contributed by atoms with E-state index < -0.39 is 0 Å². The minimum atomic E-state index is 0.0224. The van der Waals surface area contributed by atoms with E-state index in [1.54, 1.807) is 11.9 Å². The first-order chi connectivity index (χ1) is 6.02. The molecule has 2 nitrogen and oxygen atoms in total. The van der Waals surface area contributed by atoms with E-state index in [1.165, 1.54) is 6.92 Å². The summed E-state index contributed by atoms with van der Waals surface area (Å²) in [5.74, 6) is 0.0224. The number of anilines is 1. The third-order valence-electron chi connectivity index (χ3n) is 1.76. The third-order valence-corrected chi connectivity index (χ3v) is 3.64. The molecule has 0 bridgehead atoms. The van der Waals surface area contributed by atoms with Crippen LogP contribution in [0.3, 0.4) is 0 Å². The molecule has 0 N–H and O–H groups in total. The first-order valence-electron chi connectivity index (χ1n) is 3.71. The van der Waals surface area contributed by atoms with Crippen LogP contribution in [0.1, 0.15) is 6.92 Å². The number of rotatable bonds is 1. The van der Waals surface area contributed by atoms with Crippen LogP contribution in [0.2, 0.25) is 0 Å². The van der Waals surface area contributed by atoms with E-state index in [-0.39, 0.29) is 5.91 Å². The van der Waals surface area contributed by atoms with Crippen molar-refractivity contribution in [2.75, 3.05) is 11.9 Å². The van der Waals surface area contributed by atoms with Gasteiger partial charge in [0.25, 0.3) is 0 Å². The summed E-state index contributed by atoms with van der Waals surface area (Å²) in [5.41, 5.74) is 0.877. The summed E-state index contributed by atoms with van der Waals surface area (Å²) in [6.07, 6.45) is 0. The Morgan fingerprint density at radius 1 is 1.31 bits per heavy atom. The summed E-state index contributed by atoms with van der Waals surface area (Å²) in [6.45, 7) is 1.54. The fourth-order valence-corrected chi connectivity index (χ4v) is 1.49. The Morgan fingerprint density at radius 3 is 2.38 bits per heavy atom. The van der Waals surface area contributed by atoms with Gasteiger partial charge in [-0.3, -0.25) is 4.79 Å². The molecule has 0 saturated carbocycles. The molecule has 0 saturated heterocycles. The quantitative estimate of drug-likeness (QED) is 0.780. The van der Waals surface area contributed by atoms with Gasteiger partial charge in [-0.25, -0.2) is 0 Å². The average molecular weight is 307 g/mol. The highest BCUT2D eigenvalue weighted by atomic mass is 79.9. The van der Waals surface area contributed by atoms with Gasteiger partial charge in [0, 0.05) is 28.6 Å². The average Bonchev–Trinajstić information content (AvgIpc) is 2.08. The van der Waals surface area contributed by atoms with Gasteiger partial charge in [-0.05, 0) is 50.1 Å². The number of halogens is 2. The molecule has 0 unspecified atom stereocenters. The summed E-state index contributed by atoms with van der Waals surface area (Å²) in [6, 6.07) is 5.68. The normalized spacial score (nSPS) is 9.85. The number of benzene rings is 1. The molecular weight excluding hydrogens is 298 g/mol. The lowest BCUT2D eigenvalue weighted by molar-refractivity contribution is -0.116. The van der Waals surface area contributed by atoms with E-state index in [9.17, 15) is 4.79 Å². The molecule has 0 heterocycles. The summed E-state index contributed by atoms with van der Waals surface area (Å²) in [4.78, 5) is 12.6. The fraction of sp³-hybridized carbons (Fsp3) is 0.222. The molecule has 0 spiro atoms. The molecule has 13 heavy (non-hydrogen) atoms. The van der Waals surface area contributed by atoms with Crippen molar-refractivity contribution >= 4 is 43.5 Å². The number of nitrogens with zero attached hydrogens (tertiary/aromatic N) is 1. The van der Waals surface area contributed by atoms with Gasteiger partial charge in [-0.1, -0.05) is 0 Å². The number of amides is 1. The predicted octanol–water partition coefficient (Wildman–Crippen LogP) is 3.19. The van der Waals surface area contributed by atoms with Crippen molar-refractivity contribution in [1.29, 1.82) is 0 Å². The molecule has 0 radical (unpaired) electrons. The van der Waals surface area contributed by atoms with Crippen molar-refractivity contribution < 1.29 is 4.79 Å². The minimum Gasteiger partial charge on any atom is -0.316 e. The maximum atomic E-state index is 11.0. The molecule has 0 aliphatic carbocycles. The van der Waals surface area contributed by atoms with E-state index in [4.69, 9.17) is 0 Å². The van der Waals surface area contributed by atoms with Crippen molar-refractivity contribution in [3.05, 3.63) is 27.1 Å². The van der Waals surface area contributed by atoms with E-state index in [2.05, 4.69) is 31.9 Å². The van der Waals surface area contributed by atoms with Crippen LogP contribution >= 0.6 is 31.9 Å². The number of carbonyl (C=O) groups is 1. The highest BCUT2D eigenvalue weighted by Crippen LogP contribution is 2.27. The maximum absolute atomic E-state index is 11.0. The Hall–Kier alpha value is -0.350. The van der Waals surface area contributed by atoms with Gasteiger partial charge in [0.2, 0.25) is 5.91 Å². The molecule has 4 heteroatoms. The van der Waals surface area contributed by atoms with E-state index in [1.807, 2.05) is 18.2 Å². The summed E-state index contributed by atoms with van der Waals surface area (Å²) in [7, 11) is 1.75. The molecule has 0 fully saturated rings. The molecule has 70 valence electrons. The van der Waals surface area contributed by atoms with Crippen LogP contribution in [-0.4, -0.2) is 13.0 Å². The third kappa shape index (κ3) is 2.54. The Balaban J connectivity index is 3.03. The molecule has 0 aliphatic rings. The summed E-state index contributed by atoms with van der Waals surface area (Å²) < 4.78 is 1.92. The zero-order chi connectivity index (χ0) is 10.0. The van der Waals surface area contributed by atoms with E-state index >= 15 is 0 Å². The molecule has 1 aromatic rings. The van der Waals surface area contributed by atoms with Crippen LogP contribution in [0.25, 0.3) is 0 Å². The van der Waals surface area contributed by atoms with Crippen molar-refractivity contribution in [2.24, 2.45) is 0 Å². The molecule has 1 rings (SSSR count). The standard InChI is InChI=1S/C9H9Br2NO/c1-6(13)12(2)7-3-4-8(10)9(11)5-7/h3-5H,1-2H3. The topological polar surface area (TPSA) is 20.3 Å². The molecule has 1 amide bonds. The predicted molar refractivity (Wildman–Crippen MR) is 60.9 cm³/mol. The monoisotopic (exact) mass is 305 g/mol. The van der Waals surface area contributed by atoms with E-state index in [0.29, 0.717) is 0 Å². The van der Waals surface area contributed by atoms with Crippen molar-refractivity contribution in [3.63, 3.8) is 0 Å². The Bertz CT molecular complexity index is 338. The zero-order valence-electron chi connectivity index (χ0n) is 7.34. The first-order valence-corrected chi connectivity index (χ1v) is 5.30. The minimum absolute atomic E-state index is 0.0224. The smallest absolute Gasteiger partial charge is 0.223 e. The van der Waals surface area contributed by atoms with Gasteiger partial charge in [0.15, 0.2) is 0 Å². The second kappa shape index (κ2) is 4.24. The number of carbonyl (C=O) groups excluding carboxylic acids is 1. The summed E-state index contributed by atoms with van der Waals surface area (Å²) in [5, 5.41) is 0. The maximum Gasteiger partial charge on any atom is 0.223 e. The summed E-state index contributed by atoms with van der Waals surface area (Å²) >= 11 is 6.74. The highest BCUT2D eigenvalue weighted by molar-refractivity contribution is 9.13.